The molecule has 3 nitrogen and oxygen atoms in total. The summed E-state index contributed by atoms with van der Waals surface area (Å²) in [5, 5.41) is 0. The van der Waals surface area contributed by atoms with E-state index < -0.39 is 0 Å². The van der Waals surface area contributed by atoms with E-state index in [-0.39, 0.29) is 0 Å². The van der Waals surface area contributed by atoms with Gasteiger partial charge in [0.2, 0.25) is 5.91 Å². The molecular weight excluding hydrogens is 208 g/mol. The number of amides is 1. The molecule has 0 atom stereocenters. The minimum absolute atomic E-state index is 0.295. The first kappa shape index (κ1) is 10.6. The lowest BCUT2D eigenvalue weighted by atomic mass is 10.1. The predicted octanol–water partition coefficient (Wildman–Crippen LogP) is 1.72. The van der Waals surface area contributed by atoms with Gasteiger partial charge in [-0.05, 0) is 25.0 Å². The van der Waals surface area contributed by atoms with E-state index in [0.29, 0.717) is 12.5 Å². The molecule has 2 heterocycles. The van der Waals surface area contributed by atoms with E-state index in [0.717, 1.165) is 32.4 Å². The third-order valence-corrected chi connectivity index (χ3v) is 3.78. The molecule has 1 aliphatic rings. The van der Waals surface area contributed by atoms with Crippen molar-refractivity contribution in [3.63, 3.8) is 0 Å². The Morgan fingerprint density at radius 1 is 1.33 bits per heavy atom. The zero-order valence-electron chi connectivity index (χ0n) is 8.74. The highest BCUT2D eigenvalue weighted by Crippen LogP contribution is 2.20. The maximum Gasteiger partial charge on any atom is 0.222 e. The van der Waals surface area contributed by atoms with Crippen LogP contribution in [0, 0.1) is 0 Å². The van der Waals surface area contributed by atoms with E-state index in [2.05, 4.69) is 12.1 Å². The first-order valence-electron chi connectivity index (χ1n) is 5.35. The third-order valence-electron chi connectivity index (χ3n) is 2.69. The van der Waals surface area contributed by atoms with Crippen LogP contribution < -0.4 is 5.73 Å². The summed E-state index contributed by atoms with van der Waals surface area (Å²) in [4.78, 5) is 16.0. The van der Waals surface area contributed by atoms with Gasteiger partial charge in [-0.2, -0.15) is 0 Å². The molecule has 1 amide bonds. The topological polar surface area (TPSA) is 46.3 Å². The molecule has 1 aliphatic heterocycles. The van der Waals surface area contributed by atoms with Gasteiger partial charge in [-0.3, -0.25) is 4.79 Å². The predicted molar refractivity (Wildman–Crippen MR) is 61.5 cm³/mol. The van der Waals surface area contributed by atoms with Gasteiger partial charge in [0, 0.05) is 29.3 Å². The van der Waals surface area contributed by atoms with Crippen molar-refractivity contribution >= 4 is 17.2 Å². The Bertz CT molecular complexity index is 348. The Hall–Kier alpha value is -0.870. The molecule has 82 valence electrons. The van der Waals surface area contributed by atoms with Crippen LogP contribution in [0.5, 0.6) is 0 Å². The number of likely N-dealkylation sites (tertiary alicyclic amines) is 1. The van der Waals surface area contributed by atoms with Gasteiger partial charge in [0.1, 0.15) is 0 Å². The number of hydrogen-bond donors (Lipinski definition) is 1. The summed E-state index contributed by atoms with van der Waals surface area (Å²) >= 11 is 1.71. The highest BCUT2D eigenvalue weighted by molar-refractivity contribution is 7.11. The Labute approximate surface area is 93.9 Å². The zero-order valence-corrected chi connectivity index (χ0v) is 9.55. The van der Waals surface area contributed by atoms with Crippen LogP contribution in [0.1, 0.15) is 29.0 Å². The Balaban J connectivity index is 1.98. The summed E-state index contributed by atoms with van der Waals surface area (Å²) in [5.41, 5.74) is 5.55. The van der Waals surface area contributed by atoms with Gasteiger partial charge in [0.05, 0.1) is 6.54 Å². The fourth-order valence-corrected chi connectivity index (χ4v) is 2.75. The van der Waals surface area contributed by atoms with E-state index in [1.54, 1.807) is 11.3 Å². The van der Waals surface area contributed by atoms with Crippen LogP contribution >= 0.6 is 11.3 Å². The molecule has 1 aromatic rings. The van der Waals surface area contributed by atoms with Gasteiger partial charge >= 0.3 is 0 Å². The van der Waals surface area contributed by atoms with Gasteiger partial charge in [-0.1, -0.05) is 0 Å². The van der Waals surface area contributed by atoms with Crippen LogP contribution in [0.3, 0.4) is 0 Å². The molecule has 4 heteroatoms. The molecule has 1 saturated heterocycles. The lowest BCUT2D eigenvalue weighted by Gasteiger charge is -2.26. The third kappa shape index (κ3) is 2.58. The fraction of sp³-hybridized carbons (Fsp3) is 0.545. The van der Waals surface area contributed by atoms with Crippen molar-refractivity contribution in [3.8, 4) is 0 Å². The lowest BCUT2D eigenvalue weighted by Crippen LogP contribution is -2.34. The van der Waals surface area contributed by atoms with Gasteiger partial charge in [-0.15, -0.1) is 11.3 Å². The molecule has 0 radical (unpaired) electrons. The monoisotopic (exact) mass is 224 g/mol. The second kappa shape index (κ2) is 4.77. The largest absolute Gasteiger partial charge is 0.338 e. The molecular formula is C11H16N2OS. The number of hydrogen-bond acceptors (Lipinski definition) is 3. The van der Waals surface area contributed by atoms with E-state index in [9.17, 15) is 4.79 Å². The van der Waals surface area contributed by atoms with Gasteiger partial charge < -0.3 is 10.6 Å². The number of piperidine rings is 1. The van der Waals surface area contributed by atoms with E-state index in [1.165, 1.54) is 9.75 Å². The molecule has 0 unspecified atom stereocenters. The van der Waals surface area contributed by atoms with Crippen LogP contribution in [0.2, 0.25) is 0 Å². The average molecular weight is 224 g/mol. The number of thiophene rings is 1. The second-order valence-electron chi connectivity index (χ2n) is 3.84. The Morgan fingerprint density at radius 2 is 2.13 bits per heavy atom. The summed E-state index contributed by atoms with van der Waals surface area (Å²) in [6, 6.07) is 4.13. The molecule has 1 fully saturated rings. The summed E-state index contributed by atoms with van der Waals surface area (Å²) in [7, 11) is 0. The normalized spacial score (nSPS) is 17.1. The van der Waals surface area contributed by atoms with Crippen molar-refractivity contribution in [2.45, 2.75) is 32.4 Å². The summed E-state index contributed by atoms with van der Waals surface area (Å²) < 4.78 is 0. The van der Waals surface area contributed by atoms with E-state index >= 15 is 0 Å². The molecule has 0 bridgehead atoms. The zero-order chi connectivity index (χ0) is 10.7. The van der Waals surface area contributed by atoms with Gasteiger partial charge in [0.25, 0.3) is 0 Å². The van der Waals surface area contributed by atoms with Crippen LogP contribution in [0.15, 0.2) is 12.1 Å². The minimum Gasteiger partial charge on any atom is -0.338 e. The first-order valence-corrected chi connectivity index (χ1v) is 6.16. The number of nitrogens with two attached hydrogens (primary N) is 1. The van der Waals surface area contributed by atoms with Crippen LogP contribution in [0.4, 0.5) is 0 Å². The molecule has 0 spiro atoms. The smallest absolute Gasteiger partial charge is 0.222 e. The molecule has 2 rings (SSSR count). The molecule has 1 aromatic heterocycles. The van der Waals surface area contributed by atoms with Crippen molar-refractivity contribution in [1.82, 2.24) is 4.90 Å². The standard InChI is InChI=1S/C11H16N2OS/c12-7-9-4-5-10(15-9)8-13-6-2-1-3-11(13)14/h4-5H,1-3,6-8,12H2. The highest BCUT2D eigenvalue weighted by Gasteiger charge is 2.18. The summed E-state index contributed by atoms with van der Waals surface area (Å²) in [5.74, 6) is 0.295. The highest BCUT2D eigenvalue weighted by atomic mass is 32.1. The minimum atomic E-state index is 0.295. The van der Waals surface area contributed by atoms with Crippen LogP contribution in [-0.4, -0.2) is 17.4 Å². The number of carbonyl (C=O) groups excluding carboxylic acids is 1. The number of rotatable bonds is 3. The lowest BCUT2D eigenvalue weighted by molar-refractivity contribution is -0.133. The summed E-state index contributed by atoms with van der Waals surface area (Å²) in [6.45, 7) is 2.27. The van der Waals surface area contributed by atoms with Crippen molar-refractivity contribution in [2.24, 2.45) is 5.73 Å². The SMILES string of the molecule is NCc1ccc(CN2CCCCC2=O)s1. The maximum absolute atomic E-state index is 11.6. The van der Waals surface area contributed by atoms with Gasteiger partial charge in [0.15, 0.2) is 0 Å². The second-order valence-corrected chi connectivity index (χ2v) is 5.10. The van der Waals surface area contributed by atoms with Crippen molar-refractivity contribution < 1.29 is 4.79 Å². The van der Waals surface area contributed by atoms with Crippen LogP contribution in [-0.2, 0) is 17.9 Å². The number of carbonyl (C=O) groups is 1. The average Bonchev–Trinajstić information content (AvgIpc) is 2.69. The Kier molecular flexibility index (Phi) is 3.38. The quantitative estimate of drug-likeness (QED) is 0.849. The number of nitrogens with zero attached hydrogens (tertiary/aromatic N) is 1. The fourth-order valence-electron chi connectivity index (χ4n) is 1.83. The van der Waals surface area contributed by atoms with E-state index in [4.69, 9.17) is 5.73 Å². The molecule has 0 saturated carbocycles. The van der Waals surface area contributed by atoms with Crippen molar-refractivity contribution in [1.29, 1.82) is 0 Å². The first-order chi connectivity index (χ1) is 7.29. The molecule has 2 N–H and O–H groups in total. The maximum atomic E-state index is 11.6. The van der Waals surface area contributed by atoms with Gasteiger partial charge in [-0.25, -0.2) is 0 Å². The van der Waals surface area contributed by atoms with Crippen molar-refractivity contribution in [3.05, 3.63) is 21.9 Å². The van der Waals surface area contributed by atoms with E-state index in [1.807, 2.05) is 4.90 Å². The molecule has 15 heavy (non-hydrogen) atoms. The van der Waals surface area contributed by atoms with Crippen molar-refractivity contribution in [2.75, 3.05) is 6.54 Å². The summed E-state index contributed by atoms with van der Waals surface area (Å²) in [6.07, 6.45) is 2.91. The van der Waals surface area contributed by atoms with Crippen LogP contribution in [0.25, 0.3) is 0 Å². The molecule has 0 aromatic carbocycles. The molecule has 0 aliphatic carbocycles. The Morgan fingerprint density at radius 3 is 2.80 bits per heavy atom.